The molecule has 5 nitrogen and oxygen atoms in total. The molecular formula is C19H22ClN3O2. The molecule has 0 aromatic carbocycles. The molecule has 6 heteroatoms. The molecule has 2 aromatic rings. The third-order valence-corrected chi connectivity index (χ3v) is 4.73. The fraction of sp³-hybridized carbons (Fsp3) is 0.421. The van der Waals surface area contributed by atoms with E-state index in [9.17, 15) is 4.79 Å². The Balaban J connectivity index is 1.57. The second-order valence-electron chi connectivity index (χ2n) is 6.20. The van der Waals surface area contributed by atoms with Crippen LogP contribution >= 0.6 is 11.6 Å². The lowest BCUT2D eigenvalue weighted by molar-refractivity contribution is 0.0689. The zero-order valence-electron chi connectivity index (χ0n) is 14.3. The second-order valence-corrected chi connectivity index (χ2v) is 6.61. The van der Waals surface area contributed by atoms with Gasteiger partial charge in [0.2, 0.25) is 5.88 Å². The Morgan fingerprint density at radius 2 is 2.12 bits per heavy atom. The van der Waals surface area contributed by atoms with Crippen molar-refractivity contribution in [3.8, 4) is 5.88 Å². The maximum Gasteiger partial charge on any atom is 0.255 e. The number of hydrogen-bond acceptors (Lipinski definition) is 4. The summed E-state index contributed by atoms with van der Waals surface area (Å²) in [4.78, 5) is 23.1. The van der Waals surface area contributed by atoms with Crippen molar-refractivity contribution >= 4 is 17.5 Å². The largest absolute Gasteiger partial charge is 0.477 e. The standard InChI is InChI=1S/C19H22ClN3O2/c1-2-25-18-17(20)12-15(13-22-18)19(24)23-9-6-14(7-10-23)11-16-5-3-4-8-21-16/h3-5,8,12-14H,2,6-7,9-11H2,1H3. The summed E-state index contributed by atoms with van der Waals surface area (Å²) in [5.41, 5.74) is 1.63. The van der Waals surface area contributed by atoms with Crippen LogP contribution in [-0.4, -0.2) is 40.5 Å². The molecular weight excluding hydrogens is 338 g/mol. The molecule has 25 heavy (non-hydrogen) atoms. The van der Waals surface area contributed by atoms with E-state index in [-0.39, 0.29) is 5.91 Å². The highest BCUT2D eigenvalue weighted by Gasteiger charge is 2.24. The van der Waals surface area contributed by atoms with Crippen LogP contribution in [0.5, 0.6) is 5.88 Å². The number of likely N-dealkylation sites (tertiary alicyclic amines) is 1. The van der Waals surface area contributed by atoms with Crippen molar-refractivity contribution in [3.05, 3.63) is 52.9 Å². The van der Waals surface area contributed by atoms with E-state index in [1.807, 2.05) is 30.2 Å². The summed E-state index contributed by atoms with van der Waals surface area (Å²) < 4.78 is 5.31. The molecule has 0 radical (unpaired) electrons. The van der Waals surface area contributed by atoms with Crippen LogP contribution in [0.2, 0.25) is 5.02 Å². The van der Waals surface area contributed by atoms with E-state index < -0.39 is 0 Å². The van der Waals surface area contributed by atoms with Crippen LogP contribution in [0.1, 0.15) is 35.8 Å². The number of aromatic nitrogens is 2. The molecule has 0 unspecified atom stereocenters. The Bertz CT molecular complexity index is 716. The van der Waals surface area contributed by atoms with Crippen molar-refractivity contribution < 1.29 is 9.53 Å². The quantitative estimate of drug-likeness (QED) is 0.818. The Morgan fingerprint density at radius 3 is 2.76 bits per heavy atom. The number of piperidine rings is 1. The van der Waals surface area contributed by atoms with Crippen LogP contribution in [0.4, 0.5) is 0 Å². The van der Waals surface area contributed by atoms with E-state index in [2.05, 4.69) is 16.0 Å². The molecule has 0 spiro atoms. The van der Waals surface area contributed by atoms with Crippen molar-refractivity contribution in [1.82, 2.24) is 14.9 Å². The first-order chi connectivity index (χ1) is 12.2. The predicted molar refractivity (Wildman–Crippen MR) is 97.0 cm³/mol. The number of carbonyl (C=O) groups excluding carboxylic acids is 1. The number of carbonyl (C=O) groups is 1. The highest BCUT2D eigenvalue weighted by atomic mass is 35.5. The zero-order chi connectivity index (χ0) is 17.6. The highest BCUT2D eigenvalue weighted by molar-refractivity contribution is 6.32. The van der Waals surface area contributed by atoms with Gasteiger partial charge < -0.3 is 9.64 Å². The minimum absolute atomic E-state index is 0.0197. The number of amides is 1. The number of nitrogens with zero attached hydrogens (tertiary/aromatic N) is 3. The van der Waals surface area contributed by atoms with Crippen molar-refractivity contribution in [3.63, 3.8) is 0 Å². The lowest BCUT2D eigenvalue weighted by Gasteiger charge is -2.32. The molecule has 1 aliphatic heterocycles. The fourth-order valence-electron chi connectivity index (χ4n) is 3.12. The smallest absolute Gasteiger partial charge is 0.255 e. The molecule has 0 bridgehead atoms. The van der Waals surface area contributed by atoms with E-state index in [0.717, 1.165) is 38.0 Å². The van der Waals surface area contributed by atoms with Gasteiger partial charge in [-0.25, -0.2) is 4.98 Å². The normalized spacial score (nSPS) is 15.2. The number of rotatable bonds is 5. The maximum atomic E-state index is 12.7. The summed E-state index contributed by atoms with van der Waals surface area (Å²) >= 11 is 6.14. The summed E-state index contributed by atoms with van der Waals surface area (Å²) in [6.07, 6.45) is 6.32. The molecule has 0 atom stereocenters. The van der Waals surface area contributed by atoms with Gasteiger partial charge in [-0.1, -0.05) is 17.7 Å². The van der Waals surface area contributed by atoms with Gasteiger partial charge >= 0.3 is 0 Å². The number of pyridine rings is 2. The van der Waals surface area contributed by atoms with Gasteiger partial charge in [-0.3, -0.25) is 9.78 Å². The van der Waals surface area contributed by atoms with Crippen molar-refractivity contribution in [2.24, 2.45) is 5.92 Å². The van der Waals surface area contributed by atoms with E-state index in [1.54, 1.807) is 12.3 Å². The van der Waals surface area contributed by atoms with Gasteiger partial charge in [0.25, 0.3) is 5.91 Å². The first kappa shape index (κ1) is 17.7. The lowest BCUT2D eigenvalue weighted by atomic mass is 9.91. The molecule has 0 saturated carbocycles. The van der Waals surface area contributed by atoms with Crippen LogP contribution in [0, 0.1) is 5.92 Å². The third-order valence-electron chi connectivity index (χ3n) is 4.46. The Labute approximate surface area is 153 Å². The maximum absolute atomic E-state index is 12.7. The third kappa shape index (κ3) is 4.48. The average Bonchev–Trinajstić information content (AvgIpc) is 2.64. The van der Waals surface area contributed by atoms with Crippen LogP contribution < -0.4 is 4.74 Å². The van der Waals surface area contributed by atoms with Gasteiger partial charge in [-0.15, -0.1) is 0 Å². The highest BCUT2D eigenvalue weighted by Crippen LogP contribution is 2.25. The summed E-state index contributed by atoms with van der Waals surface area (Å²) in [5.74, 6) is 0.921. The minimum Gasteiger partial charge on any atom is -0.477 e. The van der Waals surface area contributed by atoms with Gasteiger partial charge in [0.15, 0.2) is 0 Å². The molecule has 1 saturated heterocycles. The van der Waals surface area contributed by atoms with Gasteiger partial charge in [0.05, 0.1) is 12.2 Å². The average molecular weight is 360 g/mol. The first-order valence-electron chi connectivity index (χ1n) is 8.65. The predicted octanol–water partition coefficient (Wildman–Crippen LogP) is 3.62. The summed E-state index contributed by atoms with van der Waals surface area (Å²) in [5, 5.41) is 0.373. The first-order valence-corrected chi connectivity index (χ1v) is 9.02. The van der Waals surface area contributed by atoms with Crippen LogP contribution in [-0.2, 0) is 6.42 Å². The van der Waals surface area contributed by atoms with Crippen molar-refractivity contribution in [1.29, 1.82) is 0 Å². The fourth-order valence-corrected chi connectivity index (χ4v) is 3.34. The van der Waals surface area contributed by atoms with Crippen molar-refractivity contribution in [2.45, 2.75) is 26.2 Å². The molecule has 1 fully saturated rings. The van der Waals surface area contributed by atoms with Crippen LogP contribution in [0.15, 0.2) is 36.7 Å². The number of hydrogen-bond donors (Lipinski definition) is 0. The van der Waals surface area contributed by atoms with E-state index >= 15 is 0 Å². The minimum atomic E-state index is -0.0197. The monoisotopic (exact) mass is 359 g/mol. The molecule has 3 heterocycles. The SMILES string of the molecule is CCOc1ncc(C(=O)N2CCC(Cc3ccccn3)CC2)cc1Cl. The van der Waals surface area contributed by atoms with Crippen LogP contribution in [0.3, 0.4) is 0 Å². The van der Waals surface area contributed by atoms with Crippen LogP contribution in [0.25, 0.3) is 0 Å². The zero-order valence-corrected chi connectivity index (χ0v) is 15.1. The van der Waals surface area contributed by atoms with Crippen molar-refractivity contribution in [2.75, 3.05) is 19.7 Å². The Kier molecular flexibility index (Phi) is 5.87. The Morgan fingerprint density at radius 1 is 1.32 bits per heavy atom. The second kappa shape index (κ2) is 8.30. The molecule has 3 rings (SSSR count). The van der Waals surface area contributed by atoms with Gasteiger partial charge in [-0.05, 0) is 50.3 Å². The summed E-state index contributed by atoms with van der Waals surface area (Å²) in [6.45, 7) is 3.86. The van der Waals surface area contributed by atoms with E-state index in [1.165, 1.54) is 0 Å². The Hall–Kier alpha value is -2.14. The number of halogens is 1. The summed E-state index contributed by atoms with van der Waals surface area (Å²) in [7, 11) is 0. The topological polar surface area (TPSA) is 55.3 Å². The molecule has 2 aromatic heterocycles. The van der Waals surface area contributed by atoms with E-state index in [4.69, 9.17) is 16.3 Å². The molecule has 1 aliphatic rings. The lowest BCUT2D eigenvalue weighted by Crippen LogP contribution is -2.39. The van der Waals surface area contributed by atoms with Gasteiger partial charge in [0.1, 0.15) is 5.02 Å². The van der Waals surface area contributed by atoms with Gasteiger partial charge in [-0.2, -0.15) is 0 Å². The van der Waals surface area contributed by atoms with E-state index in [0.29, 0.717) is 29.0 Å². The molecule has 0 N–H and O–H groups in total. The molecule has 1 amide bonds. The number of ether oxygens (including phenoxy) is 1. The summed E-state index contributed by atoms with van der Waals surface area (Å²) in [6, 6.07) is 7.65. The van der Waals surface area contributed by atoms with Gasteiger partial charge in [0, 0.05) is 31.2 Å². The molecule has 0 aliphatic carbocycles. The molecule has 132 valence electrons.